The van der Waals surface area contributed by atoms with Crippen molar-refractivity contribution < 1.29 is 0 Å². The van der Waals surface area contributed by atoms with Crippen LogP contribution in [0.3, 0.4) is 0 Å². The molecule has 1 heterocycles. The Morgan fingerprint density at radius 3 is 1.79 bits per heavy atom. The lowest BCUT2D eigenvalue weighted by Gasteiger charge is -2.29. The van der Waals surface area contributed by atoms with E-state index in [1.807, 2.05) is 6.20 Å². The van der Waals surface area contributed by atoms with Crippen LogP contribution in [0.4, 0.5) is 0 Å². The summed E-state index contributed by atoms with van der Waals surface area (Å²) in [7, 11) is 0. The smallest absolute Gasteiger partial charge is 0.144 e. The quantitative estimate of drug-likeness (QED) is 0.384. The molecule has 0 spiro atoms. The van der Waals surface area contributed by atoms with E-state index < -0.39 is 0 Å². The van der Waals surface area contributed by atoms with Crippen molar-refractivity contribution >= 4 is 0 Å². The van der Waals surface area contributed by atoms with Crippen LogP contribution in [0, 0.1) is 11.8 Å². The van der Waals surface area contributed by atoms with Crippen LogP contribution in [0.1, 0.15) is 77.3 Å². The van der Waals surface area contributed by atoms with Gasteiger partial charge in [0.15, 0.2) is 0 Å². The summed E-state index contributed by atoms with van der Waals surface area (Å²) in [6.45, 7) is 14.0. The average molecular weight is 389 g/mol. The second-order valence-electron chi connectivity index (χ2n) is 8.79. The molecule has 3 rings (SSSR count). The fraction of sp³-hybridized carbons (Fsp3) is 0.444. The van der Waals surface area contributed by atoms with Crippen molar-refractivity contribution in [1.82, 2.24) is 9.55 Å². The molecule has 0 radical (unpaired) electrons. The first kappa shape index (κ1) is 21.4. The zero-order valence-electron chi connectivity index (χ0n) is 18.9. The first-order chi connectivity index (χ1) is 14.0. The van der Waals surface area contributed by atoms with Gasteiger partial charge in [0, 0.05) is 18.0 Å². The predicted octanol–water partition coefficient (Wildman–Crippen LogP) is 7.84. The van der Waals surface area contributed by atoms with Crippen molar-refractivity contribution in [2.24, 2.45) is 11.8 Å². The monoisotopic (exact) mass is 388 g/mol. The summed E-state index contributed by atoms with van der Waals surface area (Å²) >= 11 is 0. The lowest BCUT2D eigenvalue weighted by molar-refractivity contribution is 0.471. The predicted molar refractivity (Wildman–Crippen MR) is 125 cm³/mol. The third-order valence-electron chi connectivity index (χ3n) is 6.30. The molecule has 0 bridgehead atoms. The number of para-hydroxylation sites is 1. The third-order valence-corrected chi connectivity index (χ3v) is 6.30. The summed E-state index contributed by atoms with van der Waals surface area (Å²) in [4.78, 5) is 4.77. The number of nitrogens with zero attached hydrogens (tertiary/aromatic N) is 2. The van der Waals surface area contributed by atoms with E-state index >= 15 is 0 Å². The number of hydrogen-bond donors (Lipinski definition) is 0. The van der Waals surface area contributed by atoms with Crippen molar-refractivity contribution in [3.8, 4) is 17.1 Å². The number of imidazole rings is 1. The van der Waals surface area contributed by atoms with E-state index in [0.717, 1.165) is 24.2 Å². The Labute approximate surface area is 177 Å². The Hall–Kier alpha value is -2.35. The van der Waals surface area contributed by atoms with E-state index in [4.69, 9.17) is 4.98 Å². The van der Waals surface area contributed by atoms with Crippen LogP contribution >= 0.6 is 0 Å². The van der Waals surface area contributed by atoms with Crippen molar-refractivity contribution in [3.05, 3.63) is 72.1 Å². The highest BCUT2D eigenvalue weighted by atomic mass is 15.1. The molecule has 1 aromatic heterocycles. The van der Waals surface area contributed by atoms with Crippen molar-refractivity contribution in [2.45, 2.75) is 66.2 Å². The van der Waals surface area contributed by atoms with Gasteiger partial charge in [-0.2, -0.15) is 0 Å². The second-order valence-corrected chi connectivity index (χ2v) is 8.79. The molecule has 2 heteroatoms. The Morgan fingerprint density at radius 2 is 1.31 bits per heavy atom. The normalized spacial score (nSPS) is 13.8. The standard InChI is InChI=1S/C27H36N2/c1-7-22(19(3)4)24-15-12-16-25(23(8-2)20(5)6)26(24)29-18-17-28-27(29)21-13-10-9-11-14-21/h9-20,22-23H,7-8H2,1-6H3. The largest absolute Gasteiger partial charge is 0.299 e. The van der Waals surface area contributed by atoms with Crippen LogP contribution in [0.15, 0.2) is 60.9 Å². The fourth-order valence-corrected chi connectivity index (χ4v) is 4.84. The Bertz CT molecular complexity index is 871. The molecular formula is C27H36N2. The van der Waals surface area contributed by atoms with Gasteiger partial charge in [-0.1, -0.05) is 90.1 Å². The summed E-state index contributed by atoms with van der Waals surface area (Å²) in [5.41, 5.74) is 5.42. The molecule has 0 fully saturated rings. The number of benzene rings is 2. The van der Waals surface area contributed by atoms with Gasteiger partial charge in [0.2, 0.25) is 0 Å². The molecular weight excluding hydrogens is 352 g/mol. The van der Waals surface area contributed by atoms with E-state index in [0.29, 0.717) is 23.7 Å². The van der Waals surface area contributed by atoms with Crippen LogP contribution in [0.2, 0.25) is 0 Å². The van der Waals surface area contributed by atoms with E-state index in [-0.39, 0.29) is 0 Å². The zero-order valence-corrected chi connectivity index (χ0v) is 18.9. The molecule has 0 aliphatic carbocycles. The molecule has 2 unspecified atom stereocenters. The minimum absolute atomic E-state index is 0.528. The van der Waals surface area contributed by atoms with Crippen LogP contribution in [-0.4, -0.2) is 9.55 Å². The molecule has 2 atom stereocenters. The lowest BCUT2D eigenvalue weighted by Crippen LogP contribution is -2.16. The molecule has 2 aromatic carbocycles. The van der Waals surface area contributed by atoms with Gasteiger partial charge >= 0.3 is 0 Å². The van der Waals surface area contributed by atoms with E-state index in [1.54, 1.807) is 0 Å². The lowest BCUT2D eigenvalue weighted by atomic mass is 9.79. The first-order valence-corrected chi connectivity index (χ1v) is 11.2. The summed E-state index contributed by atoms with van der Waals surface area (Å²) in [5, 5.41) is 0. The van der Waals surface area contributed by atoms with E-state index in [1.165, 1.54) is 16.8 Å². The summed E-state index contributed by atoms with van der Waals surface area (Å²) in [6.07, 6.45) is 6.37. The van der Waals surface area contributed by atoms with Gasteiger partial charge in [0.05, 0.1) is 5.69 Å². The highest BCUT2D eigenvalue weighted by molar-refractivity contribution is 5.62. The maximum Gasteiger partial charge on any atom is 0.144 e. The van der Waals surface area contributed by atoms with Crippen LogP contribution in [0.5, 0.6) is 0 Å². The van der Waals surface area contributed by atoms with E-state index in [9.17, 15) is 0 Å². The molecule has 3 aromatic rings. The van der Waals surface area contributed by atoms with Gasteiger partial charge in [-0.05, 0) is 47.6 Å². The van der Waals surface area contributed by atoms with Gasteiger partial charge in [0.25, 0.3) is 0 Å². The number of hydrogen-bond acceptors (Lipinski definition) is 1. The Balaban J connectivity index is 2.30. The SMILES string of the molecule is CCC(c1cccc(C(CC)C(C)C)c1-n1ccnc1-c1ccccc1)C(C)C. The van der Waals surface area contributed by atoms with Crippen LogP contribution in [-0.2, 0) is 0 Å². The van der Waals surface area contributed by atoms with Crippen molar-refractivity contribution in [1.29, 1.82) is 0 Å². The van der Waals surface area contributed by atoms with Crippen molar-refractivity contribution in [3.63, 3.8) is 0 Å². The summed E-state index contributed by atoms with van der Waals surface area (Å²) in [6, 6.07) is 17.5. The second kappa shape index (κ2) is 9.43. The molecule has 0 aliphatic heterocycles. The first-order valence-electron chi connectivity index (χ1n) is 11.2. The highest BCUT2D eigenvalue weighted by Crippen LogP contribution is 2.40. The number of rotatable bonds is 8. The molecule has 0 aliphatic rings. The van der Waals surface area contributed by atoms with Gasteiger partial charge in [-0.3, -0.25) is 4.57 Å². The fourth-order valence-electron chi connectivity index (χ4n) is 4.84. The minimum atomic E-state index is 0.528. The molecule has 0 saturated carbocycles. The topological polar surface area (TPSA) is 17.8 Å². The Morgan fingerprint density at radius 1 is 0.759 bits per heavy atom. The molecule has 0 saturated heterocycles. The number of aromatic nitrogens is 2. The summed E-state index contributed by atoms with van der Waals surface area (Å²) < 4.78 is 2.34. The van der Waals surface area contributed by atoms with Gasteiger partial charge < -0.3 is 0 Å². The molecule has 2 nitrogen and oxygen atoms in total. The minimum Gasteiger partial charge on any atom is -0.299 e. The summed E-state index contributed by atoms with van der Waals surface area (Å²) in [5.74, 6) is 3.27. The highest BCUT2D eigenvalue weighted by Gasteiger charge is 2.26. The Kier molecular flexibility index (Phi) is 6.95. The molecule has 154 valence electrons. The zero-order chi connectivity index (χ0) is 21.0. The maximum absolute atomic E-state index is 4.77. The van der Waals surface area contributed by atoms with Gasteiger partial charge in [-0.25, -0.2) is 4.98 Å². The third kappa shape index (κ3) is 4.32. The molecule has 0 N–H and O–H groups in total. The molecule has 0 amide bonds. The maximum atomic E-state index is 4.77. The van der Waals surface area contributed by atoms with Crippen molar-refractivity contribution in [2.75, 3.05) is 0 Å². The van der Waals surface area contributed by atoms with E-state index in [2.05, 4.69) is 101 Å². The average Bonchev–Trinajstić information content (AvgIpc) is 3.19. The molecule has 29 heavy (non-hydrogen) atoms. The van der Waals surface area contributed by atoms with Gasteiger partial charge in [0.1, 0.15) is 5.82 Å². The van der Waals surface area contributed by atoms with Crippen LogP contribution in [0.25, 0.3) is 17.1 Å². The van der Waals surface area contributed by atoms with Gasteiger partial charge in [-0.15, -0.1) is 0 Å². The van der Waals surface area contributed by atoms with Crippen LogP contribution < -0.4 is 0 Å².